The van der Waals surface area contributed by atoms with Crippen LogP contribution in [0.4, 0.5) is 0 Å². The number of fused-ring (bicyclic) bond motifs is 1. The SMILES string of the molecule is CS(=O)(=O)n1nnc2ncccc21. The molecule has 0 aromatic carbocycles. The van der Waals surface area contributed by atoms with Crippen LogP contribution in [0.25, 0.3) is 11.2 Å². The molecular formula is C6H6N4O2S. The first-order valence-electron chi connectivity index (χ1n) is 3.46. The Balaban J connectivity index is 2.87. The molecule has 6 nitrogen and oxygen atoms in total. The van der Waals surface area contributed by atoms with E-state index < -0.39 is 10.0 Å². The van der Waals surface area contributed by atoms with Gasteiger partial charge in [0.1, 0.15) is 5.52 Å². The second-order valence-electron chi connectivity index (χ2n) is 2.54. The average molecular weight is 198 g/mol. The van der Waals surface area contributed by atoms with E-state index >= 15 is 0 Å². The second kappa shape index (κ2) is 2.49. The molecular weight excluding hydrogens is 192 g/mol. The molecule has 0 spiro atoms. The van der Waals surface area contributed by atoms with Gasteiger partial charge in [-0.1, -0.05) is 0 Å². The van der Waals surface area contributed by atoms with Crippen molar-refractivity contribution >= 4 is 21.2 Å². The highest BCUT2D eigenvalue weighted by atomic mass is 32.2. The zero-order chi connectivity index (χ0) is 9.47. The molecule has 2 heterocycles. The summed E-state index contributed by atoms with van der Waals surface area (Å²) in [6.07, 6.45) is 2.59. The Bertz CT molecular complexity index is 545. The Kier molecular flexibility index (Phi) is 1.56. The Labute approximate surface area is 74.3 Å². The van der Waals surface area contributed by atoms with Gasteiger partial charge in [0.15, 0.2) is 0 Å². The maximum absolute atomic E-state index is 11.1. The van der Waals surface area contributed by atoms with Gasteiger partial charge in [-0.3, -0.25) is 0 Å². The average Bonchev–Trinajstić information content (AvgIpc) is 2.45. The highest BCUT2D eigenvalue weighted by molar-refractivity contribution is 7.89. The van der Waals surface area contributed by atoms with Gasteiger partial charge in [0.25, 0.3) is 10.0 Å². The van der Waals surface area contributed by atoms with Crippen LogP contribution in [0.5, 0.6) is 0 Å². The third kappa shape index (κ3) is 1.26. The van der Waals surface area contributed by atoms with Crippen molar-refractivity contribution in [1.29, 1.82) is 0 Å². The highest BCUT2D eigenvalue weighted by Crippen LogP contribution is 2.07. The zero-order valence-electron chi connectivity index (χ0n) is 6.75. The summed E-state index contributed by atoms with van der Waals surface area (Å²) < 4.78 is 23.1. The molecule has 0 atom stereocenters. The molecule has 0 saturated carbocycles. The van der Waals surface area contributed by atoms with E-state index in [1.54, 1.807) is 12.1 Å². The lowest BCUT2D eigenvalue weighted by Gasteiger charge is -1.95. The van der Waals surface area contributed by atoms with Crippen LogP contribution in [-0.4, -0.2) is 34.1 Å². The van der Waals surface area contributed by atoms with Crippen LogP contribution in [0, 0.1) is 0 Å². The molecule has 0 amide bonds. The Hall–Kier alpha value is -1.50. The number of pyridine rings is 1. The number of nitrogens with zero attached hydrogens (tertiary/aromatic N) is 4. The fraction of sp³-hybridized carbons (Fsp3) is 0.167. The largest absolute Gasteiger partial charge is 0.252 e. The molecule has 0 bridgehead atoms. The topological polar surface area (TPSA) is 77.7 Å². The van der Waals surface area contributed by atoms with Crippen LogP contribution in [0.3, 0.4) is 0 Å². The van der Waals surface area contributed by atoms with Crippen molar-refractivity contribution in [3.63, 3.8) is 0 Å². The third-order valence-electron chi connectivity index (χ3n) is 1.51. The molecule has 2 aromatic rings. The third-order valence-corrected chi connectivity index (χ3v) is 2.40. The van der Waals surface area contributed by atoms with E-state index in [1.165, 1.54) is 6.20 Å². The number of hydrogen-bond acceptors (Lipinski definition) is 5. The van der Waals surface area contributed by atoms with Crippen molar-refractivity contribution in [2.75, 3.05) is 6.26 Å². The first kappa shape index (κ1) is 8.11. The minimum absolute atomic E-state index is 0.327. The lowest BCUT2D eigenvalue weighted by molar-refractivity contribution is 0.586. The minimum atomic E-state index is -3.38. The molecule has 13 heavy (non-hydrogen) atoms. The highest BCUT2D eigenvalue weighted by Gasteiger charge is 2.12. The monoisotopic (exact) mass is 198 g/mol. The van der Waals surface area contributed by atoms with E-state index in [9.17, 15) is 8.42 Å². The molecule has 2 rings (SSSR count). The molecule has 0 radical (unpaired) electrons. The molecule has 7 heteroatoms. The van der Waals surface area contributed by atoms with Gasteiger partial charge in [0.05, 0.1) is 6.26 Å². The van der Waals surface area contributed by atoms with Crippen LogP contribution in [0.1, 0.15) is 0 Å². The summed E-state index contributed by atoms with van der Waals surface area (Å²) in [4.78, 5) is 3.86. The molecule has 0 fully saturated rings. The standard InChI is InChI=1S/C6H6N4O2S/c1-13(11,12)10-5-3-2-4-7-6(5)8-9-10/h2-4H,1H3. The number of rotatable bonds is 1. The quantitative estimate of drug-likeness (QED) is 0.625. The Morgan fingerprint density at radius 2 is 2.23 bits per heavy atom. The van der Waals surface area contributed by atoms with Gasteiger partial charge in [0, 0.05) is 6.20 Å². The van der Waals surface area contributed by atoms with E-state index in [2.05, 4.69) is 15.3 Å². The maximum atomic E-state index is 11.1. The van der Waals surface area contributed by atoms with Gasteiger partial charge in [-0.05, 0) is 17.3 Å². The molecule has 0 unspecified atom stereocenters. The van der Waals surface area contributed by atoms with Crippen molar-refractivity contribution in [2.24, 2.45) is 0 Å². The number of hydrogen-bond donors (Lipinski definition) is 0. The van der Waals surface area contributed by atoms with Gasteiger partial charge >= 0.3 is 0 Å². The van der Waals surface area contributed by atoms with E-state index in [-0.39, 0.29) is 0 Å². The zero-order valence-corrected chi connectivity index (χ0v) is 7.56. The van der Waals surface area contributed by atoms with Gasteiger partial charge in [0.2, 0.25) is 5.65 Å². The lowest BCUT2D eigenvalue weighted by Crippen LogP contribution is -2.11. The van der Waals surface area contributed by atoms with E-state index in [0.29, 0.717) is 11.2 Å². The van der Waals surface area contributed by atoms with Crippen LogP contribution in [0.2, 0.25) is 0 Å². The van der Waals surface area contributed by atoms with E-state index in [4.69, 9.17) is 0 Å². The second-order valence-corrected chi connectivity index (χ2v) is 4.35. The number of aromatic nitrogens is 4. The predicted octanol–water partition coefficient (Wildman–Crippen LogP) is -0.366. The predicted molar refractivity (Wildman–Crippen MR) is 45.6 cm³/mol. The summed E-state index contributed by atoms with van der Waals surface area (Å²) in [6.45, 7) is 0. The summed E-state index contributed by atoms with van der Waals surface area (Å²) in [7, 11) is -3.38. The summed E-state index contributed by atoms with van der Waals surface area (Å²) in [5.74, 6) is 0. The fourth-order valence-electron chi connectivity index (χ4n) is 0.991. The summed E-state index contributed by atoms with van der Waals surface area (Å²) >= 11 is 0. The minimum Gasteiger partial charge on any atom is -0.234 e. The Morgan fingerprint density at radius 1 is 1.46 bits per heavy atom. The van der Waals surface area contributed by atoms with Crippen LogP contribution in [0.15, 0.2) is 18.3 Å². The first-order valence-corrected chi connectivity index (χ1v) is 5.31. The van der Waals surface area contributed by atoms with Crippen molar-refractivity contribution in [3.8, 4) is 0 Å². The van der Waals surface area contributed by atoms with Crippen molar-refractivity contribution in [2.45, 2.75) is 0 Å². The van der Waals surface area contributed by atoms with E-state index in [0.717, 1.165) is 10.3 Å². The molecule has 0 N–H and O–H groups in total. The maximum Gasteiger partial charge on any atom is 0.252 e. The van der Waals surface area contributed by atoms with Crippen molar-refractivity contribution < 1.29 is 8.42 Å². The van der Waals surface area contributed by atoms with Crippen LogP contribution in [-0.2, 0) is 10.0 Å². The normalized spacial score (nSPS) is 12.1. The van der Waals surface area contributed by atoms with Crippen LogP contribution < -0.4 is 0 Å². The lowest BCUT2D eigenvalue weighted by atomic mass is 10.4. The molecule has 0 aliphatic carbocycles. The Morgan fingerprint density at radius 3 is 2.92 bits per heavy atom. The molecule has 0 saturated heterocycles. The summed E-state index contributed by atoms with van der Waals surface area (Å²) in [6, 6.07) is 3.23. The first-order chi connectivity index (χ1) is 6.09. The molecule has 0 aliphatic rings. The fourth-order valence-corrected chi connectivity index (χ4v) is 1.66. The smallest absolute Gasteiger partial charge is 0.234 e. The summed E-state index contributed by atoms with van der Waals surface area (Å²) in [5.41, 5.74) is 0.720. The van der Waals surface area contributed by atoms with Gasteiger partial charge in [-0.2, -0.15) is 0 Å². The van der Waals surface area contributed by atoms with Crippen LogP contribution >= 0.6 is 0 Å². The molecule has 68 valence electrons. The van der Waals surface area contributed by atoms with E-state index in [1.807, 2.05) is 0 Å². The summed E-state index contributed by atoms with van der Waals surface area (Å²) in [5, 5.41) is 7.09. The van der Waals surface area contributed by atoms with Crippen molar-refractivity contribution in [1.82, 2.24) is 19.4 Å². The molecule has 2 aromatic heterocycles. The van der Waals surface area contributed by atoms with Gasteiger partial charge in [-0.25, -0.2) is 13.4 Å². The van der Waals surface area contributed by atoms with Crippen molar-refractivity contribution in [3.05, 3.63) is 18.3 Å². The molecule has 0 aliphatic heterocycles. The van der Waals surface area contributed by atoms with Gasteiger partial charge < -0.3 is 0 Å². The van der Waals surface area contributed by atoms with Gasteiger partial charge in [-0.15, -0.1) is 9.19 Å².